The van der Waals surface area contributed by atoms with E-state index in [-0.39, 0.29) is 11.9 Å². The van der Waals surface area contributed by atoms with Gasteiger partial charge in [-0.2, -0.15) is 10.4 Å². The quantitative estimate of drug-likeness (QED) is 0.821. The number of amides is 1. The molecule has 1 aliphatic rings. The van der Waals surface area contributed by atoms with Crippen molar-refractivity contribution in [2.45, 2.75) is 32.2 Å². The Kier molecular flexibility index (Phi) is 4.74. The molecule has 0 saturated carbocycles. The zero-order valence-corrected chi connectivity index (χ0v) is 12.1. The van der Waals surface area contributed by atoms with Gasteiger partial charge in [0.2, 0.25) is 0 Å². The van der Waals surface area contributed by atoms with Gasteiger partial charge in [-0.05, 0) is 19.3 Å². The van der Waals surface area contributed by atoms with Gasteiger partial charge < -0.3 is 5.32 Å². The van der Waals surface area contributed by atoms with E-state index in [1.807, 2.05) is 14.0 Å². The van der Waals surface area contributed by atoms with Crippen molar-refractivity contribution in [1.82, 2.24) is 20.0 Å². The molecular formula is C14H21N5O. The molecule has 108 valence electrons. The third kappa shape index (κ3) is 3.36. The molecule has 0 unspecified atom stereocenters. The van der Waals surface area contributed by atoms with E-state index in [1.54, 1.807) is 10.9 Å². The van der Waals surface area contributed by atoms with Crippen LogP contribution in [0.25, 0.3) is 0 Å². The smallest absolute Gasteiger partial charge is 0.254 e. The molecule has 1 aromatic rings. The number of aromatic nitrogens is 2. The number of nitriles is 1. The van der Waals surface area contributed by atoms with Gasteiger partial charge in [-0.15, -0.1) is 0 Å². The molecule has 0 aliphatic carbocycles. The van der Waals surface area contributed by atoms with Crippen LogP contribution in [0.4, 0.5) is 0 Å². The summed E-state index contributed by atoms with van der Waals surface area (Å²) >= 11 is 0. The maximum atomic E-state index is 12.3. The maximum absolute atomic E-state index is 12.3. The summed E-state index contributed by atoms with van der Waals surface area (Å²) in [5.74, 6) is -0.0336. The summed E-state index contributed by atoms with van der Waals surface area (Å²) in [4.78, 5) is 14.4. The number of hydrogen-bond acceptors (Lipinski definition) is 4. The summed E-state index contributed by atoms with van der Waals surface area (Å²) < 4.78 is 1.68. The predicted molar refractivity (Wildman–Crippen MR) is 75.1 cm³/mol. The third-order valence-electron chi connectivity index (χ3n) is 3.70. The fourth-order valence-electron chi connectivity index (χ4n) is 2.58. The van der Waals surface area contributed by atoms with E-state index in [1.165, 1.54) is 0 Å². The highest BCUT2D eigenvalue weighted by molar-refractivity contribution is 5.95. The van der Waals surface area contributed by atoms with Gasteiger partial charge in [-0.3, -0.25) is 14.4 Å². The van der Waals surface area contributed by atoms with Gasteiger partial charge in [0.05, 0.1) is 23.9 Å². The lowest BCUT2D eigenvalue weighted by Gasteiger charge is -2.30. The summed E-state index contributed by atoms with van der Waals surface area (Å²) in [5.41, 5.74) is 1.52. The number of nitrogens with one attached hydrogen (secondary N) is 1. The average Bonchev–Trinajstić information content (AvgIpc) is 2.82. The highest BCUT2D eigenvalue weighted by Gasteiger charge is 2.22. The van der Waals surface area contributed by atoms with Gasteiger partial charge in [-0.1, -0.05) is 6.92 Å². The lowest BCUT2D eigenvalue weighted by molar-refractivity contribution is 0.0913. The van der Waals surface area contributed by atoms with Gasteiger partial charge in [0.15, 0.2) is 0 Å². The van der Waals surface area contributed by atoms with Crippen LogP contribution in [-0.4, -0.2) is 46.3 Å². The van der Waals surface area contributed by atoms with Crippen molar-refractivity contribution >= 4 is 5.91 Å². The molecule has 0 aromatic carbocycles. The standard InChI is InChI=1S/C14H21N5O/c1-3-13-12(10-18(2)17-13)14(20)16-11-4-7-19(8-5-11)9-6-15/h10-11H,3-5,7-9H2,1-2H3,(H,16,20). The zero-order chi connectivity index (χ0) is 14.5. The number of carbonyl (C=O) groups excluding carboxylic acids is 1. The molecule has 2 heterocycles. The van der Waals surface area contributed by atoms with Crippen molar-refractivity contribution in [2.75, 3.05) is 19.6 Å². The van der Waals surface area contributed by atoms with Crippen LogP contribution in [0.1, 0.15) is 35.8 Å². The average molecular weight is 275 g/mol. The van der Waals surface area contributed by atoms with Gasteiger partial charge in [0.25, 0.3) is 5.91 Å². The Hall–Kier alpha value is -1.87. The monoisotopic (exact) mass is 275 g/mol. The summed E-state index contributed by atoms with van der Waals surface area (Å²) in [6.45, 7) is 4.21. The summed E-state index contributed by atoms with van der Waals surface area (Å²) in [5, 5.41) is 16.0. The molecular weight excluding hydrogens is 254 g/mol. The zero-order valence-electron chi connectivity index (χ0n) is 12.1. The molecule has 0 atom stereocenters. The molecule has 1 N–H and O–H groups in total. The van der Waals surface area contributed by atoms with Gasteiger partial charge in [0.1, 0.15) is 0 Å². The molecule has 6 nitrogen and oxygen atoms in total. The normalized spacial score (nSPS) is 16.9. The van der Waals surface area contributed by atoms with Gasteiger partial charge in [0, 0.05) is 32.4 Å². The van der Waals surface area contributed by atoms with Crippen LogP contribution in [0.3, 0.4) is 0 Å². The number of aryl methyl sites for hydroxylation is 2. The number of likely N-dealkylation sites (tertiary alicyclic amines) is 1. The highest BCUT2D eigenvalue weighted by atomic mass is 16.1. The first-order valence-corrected chi connectivity index (χ1v) is 7.06. The van der Waals surface area contributed by atoms with Crippen molar-refractivity contribution < 1.29 is 4.79 Å². The van der Waals surface area contributed by atoms with E-state index in [0.29, 0.717) is 12.1 Å². The Morgan fingerprint density at radius 1 is 1.55 bits per heavy atom. The molecule has 0 bridgehead atoms. The summed E-state index contributed by atoms with van der Waals surface area (Å²) in [6.07, 6.45) is 4.33. The van der Waals surface area contributed by atoms with Crippen LogP contribution in [0, 0.1) is 11.3 Å². The van der Waals surface area contributed by atoms with E-state index in [4.69, 9.17) is 5.26 Å². The number of hydrogen-bond donors (Lipinski definition) is 1. The summed E-state index contributed by atoms with van der Waals surface area (Å²) in [6, 6.07) is 2.36. The molecule has 1 fully saturated rings. The molecule has 1 amide bonds. The number of piperidine rings is 1. The van der Waals surface area contributed by atoms with Crippen molar-refractivity contribution in [3.8, 4) is 6.07 Å². The number of rotatable bonds is 4. The Morgan fingerprint density at radius 2 is 2.25 bits per heavy atom. The van der Waals surface area contributed by atoms with Crippen LogP contribution < -0.4 is 5.32 Å². The minimum atomic E-state index is -0.0336. The first kappa shape index (κ1) is 14.5. The molecule has 1 aromatic heterocycles. The SMILES string of the molecule is CCc1nn(C)cc1C(=O)NC1CCN(CC#N)CC1. The minimum absolute atomic E-state index is 0.0336. The lowest BCUT2D eigenvalue weighted by atomic mass is 10.0. The van der Waals surface area contributed by atoms with Crippen LogP contribution >= 0.6 is 0 Å². The Bertz CT molecular complexity index is 508. The Balaban J connectivity index is 1.91. The van der Waals surface area contributed by atoms with E-state index in [2.05, 4.69) is 21.4 Å². The highest BCUT2D eigenvalue weighted by Crippen LogP contribution is 2.12. The largest absolute Gasteiger partial charge is 0.349 e. The molecule has 1 aliphatic heterocycles. The van der Waals surface area contributed by atoms with Crippen molar-refractivity contribution in [3.63, 3.8) is 0 Å². The number of carbonyl (C=O) groups is 1. The van der Waals surface area contributed by atoms with Gasteiger partial charge in [-0.25, -0.2) is 0 Å². The molecule has 20 heavy (non-hydrogen) atoms. The Labute approximate surface area is 119 Å². The first-order chi connectivity index (χ1) is 9.63. The fraction of sp³-hybridized carbons (Fsp3) is 0.643. The summed E-state index contributed by atoms with van der Waals surface area (Å²) in [7, 11) is 1.83. The van der Waals surface area contributed by atoms with E-state index in [0.717, 1.165) is 38.0 Å². The third-order valence-corrected chi connectivity index (χ3v) is 3.70. The van der Waals surface area contributed by atoms with Crippen molar-refractivity contribution in [2.24, 2.45) is 7.05 Å². The first-order valence-electron chi connectivity index (χ1n) is 7.06. The van der Waals surface area contributed by atoms with Crippen molar-refractivity contribution in [1.29, 1.82) is 5.26 Å². The van der Waals surface area contributed by atoms with E-state index in [9.17, 15) is 4.79 Å². The second-order valence-electron chi connectivity index (χ2n) is 5.20. The maximum Gasteiger partial charge on any atom is 0.254 e. The number of nitrogens with zero attached hydrogens (tertiary/aromatic N) is 4. The Morgan fingerprint density at radius 3 is 2.85 bits per heavy atom. The molecule has 1 saturated heterocycles. The second-order valence-corrected chi connectivity index (χ2v) is 5.20. The van der Waals surface area contributed by atoms with Crippen LogP contribution in [0.5, 0.6) is 0 Å². The predicted octanol–water partition coefficient (Wildman–Crippen LogP) is 0.700. The van der Waals surface area contributed by atoms with E-state index >= 15 is 0 Å². The lowest BCUT2D eigenvalue weighted by Crippen LogP contribution is -2.44. The molecule has 6 heteroatoms. The molecule has 0 radical (unpaired) electrons. The molecule has 2 rings (SSSR count). The fourth-order valence-corrected chi connectivity index (χ4v) is 2.58. The van der Waals surface area contributed by atoms with Gasteiger partial charge >= 0.3 is 0 Å². The van der Waals surface area contributed by atoms with Crippen LogP contribution in [0.15, 0.2) is 6.20 Å². The minimum Gasteiger partial charge on any atom is -0.349 e. The molecule has 0 spiro atoms. The van der Waals surface area contributed by atoms with Crippen LogP contribution in [0.2, 0.25) is 0 Å². The van der Waals surface area contributed by atoms with Crippen LogP contribution in [-0.2, 0) is 13.5 Å². The van der Waals surface area contributed by atoms with E-state index < -0.39 is 0 Å². The van der Waals surface area contributed by atoms with Crippen molar-refractivity contribution in [3.05, 3.63) is 17.5 Å². The second kappa shape index (κ2) is 6.53. The topological polar surface area (TPSA) is 74.0 Å².